The van der Waals surface area contributed by atoms with Crippen LogP contribution in [0.25, 0.3) is 64.6 Å². The fourth-order valence-electron chi connectivity index (χ4n) is 6.72. The molecule has 1 aromatic heterocycles. The number of rotatable bonds is 6. The average Bonchev–Trinajstić information content (AvgIpc) is 3.63. The van der Waals surface area contributed by atoms with E-state index < -0.39 is 0 Å². The molecule has 226 valence electrons. The van der Waals surface area contributed by atoms with E-state index in [9.17, 15) is 0 Å². The number of thiazole rings is 1. The molecule has 0 aliphatic rings. The molecule has 9 aromatic rings. The van der Waals surface area contributed by atoms with Crippen molar-refractivity contribution in [2.45, 2.75) is 0 Å². The van der Waals surface area contributed by atoms with Crippen LogP contribution in [0, 0.1) is 0 Å². The quantitative estimate of drug-likeness (QED) is 0.170. The smallest absolute Gasteiger partial charge is 0.124 e. The Morgan fingerprint density at radius 2 is 0.708 bits per heavy atom. The van der Waals surface area contributed by atoms with Crippen molar-refractivity contribution in [3.8, 4) is 32.8 Å². The number of fused-ring (bicyclic) bond motifs is 6. The van der Waals surface area contributed by atoms with E-state index in [0.717, 1.165) is 33.1 Å². The second kappa shape index (κ2) is 12.0. The van der Waals surface area contributed by atoms with Crippen molar-refractivity contribution in [3.05, 3.63) is 182 Å². The summed E-state index contributed by atoms with van der Waals surface area (Å²) in [4.78, 5) is 7.56. The van der Waals surface area contributed by atoms with Gasteiger partial charge in [0.1, 0.15) is 5.01 Å². The minimum atomic E-state index is 1.03. The van der Waals surface area contributed by atoms with Gasteiger partial charge in [-0.2, -0.15) is 0 Å². The van der Waals surface area contributed by atoms with Gasteiger partial charge in [-0.15, -0.1) is 11.3 Å². The van der Waals surface area contributed by atoms with Crippen molar-refractivity contribution < 1.29 is 0 Å². The Morgan fingerprint density at radius 3 is 1.21 bits per heavy atom. The number of nitrogens with zero attached hydrogens (tertiary/aromatic N) is 2. The zero-order valence-corrected chi connectivity index (χ0v) is 26.9. The van der Waals surface area contributed by atoms with Crippen LogP contribution >= 0.6 is 11.3 Å². The van der Waals surface area contributed by atoms with E-state index in [0.29, 0.717) is 0 Å². The first-order chi connectivity index (χ1) is 23.8. The summed E-state index contributed by atoms with van der Waals surface area (Å²) in [5.74, 6) is 0. The molecule has 0 bridgehead atoms. The maximum Gasteiger partial charge on any atom is 0.124 e. The van der Waals surface area contributed by atoms with E-state index >= 15 is 0 Å². The number of anilines is 3. The fourth-order valence-corrected chi connectivity index (χ4v) is 7.84. The Balaban J connectivity index is 1.12. The maximum atomic E-state index is 5.23. The molecule has 0 fully saturated rings. The SMILES string of the molecule is c1ccc(-c2ccc(N(c3ccc(-c4ccccc4)cc3)c3ccc(-c4nc5c6ccccc6c6ccccc6c5s4)cc3)cc2)cc1. The lowest BCUT2D eigenvalue weighted by molar-refractivity contribution is 1.28. The molecule has 0 aliphatic heterocycles. The Kier molecular flexibility index (Phi) is 7.03. The lowest BCUT2D eigenvalue weighted by Gasteiger charge is -2.26. The molecule has 9 rings (SSSR count). The Labute approximate surface area is 283 Å². The normalized spacial score (nSPS) is 11.3. The van der Waals surface area contributed by atoms with E-state index in [1.807, 2.05) is 0 Å². The van der Waals surface area contributed by atoms with Crippen molar-refractivity contribution in [2.75, 3.05) is 4.90 Å². The van der Waals surface area contributed by atoms with Crippen molar-refractivity contribution in [1.29, 1.82) is 0 Å². The lowest BCUT2D eigenvalue weighted by Crippen LogP contribution is -2.09. The second-order valence-corrected chi connectivity index (χ2v) is 13.0. The summed E-state index contributed by atoms with van der Waals surface area (Å²) in [6, 6.07) is 64.9. The molecule has 0 radical (unpaired) electrons. The van der Waals surface area contributed by atoms with E-state index in [4.69, 9.17) is 4.98 Å². The Hall–Kier alpha value is -6.03. The highest BCUT2D eigenvalue weighted by Crippen LogP contribution is 2.42. The third kappa shape index (κ3) is 5.02. The Bertz CT molecular complexity index is 2360. The predicted octanol–water partition coefficient (Wildman–Crippen LogP) is 13.1. The van der Waals surface area contributed by atoms with Crippen LogP contribution in [-0.2, 0) is 0 Å². The monoisotopic (exact) mass is 630 g/mol. The highest BCUT2D eigenvalue weighted by atomic mass is 32.1. The second-order valence-electron chi connectivity index (χ2n) is 12.0. The first-order valence-electron chi connectivity index (χ1n) is 16.2. The molecular formula is C45H30N2S. The van der Waals surface area contributed by atoms with Gasteiger partial charge in [-0.05, 0) is 81.6 Å². The van der Waals surface area contributed by atoms with Gasteiger partial charge in [0.15, 0.2) is 0 Å². The molecule has 0 amide bonds. The van der Waals surface area contributed by atoms with Crippen LogP contribution in [0.5, 0.6) is 0 Å². The van der Waals surface area contributed by atoms with Crippen LogP contribution in [0.15, 0.2) is 182 Å². The molecule has 8 aromatic carbocycles. The highest BCUT2D eigenvalue weighted by Gasteiger charge is 2.17. The van der Waals surface area contributed by atoms with Crippen LogP contribution in [-0.4, -0.2) is 4.98 Å². The molecule has 0 atom stereocenters. The minimum Gasteiger partial charge on any atom is -0.311 e. The number of aromatic nitrogens is 1. The summed E-state index contributed by atoms with van der Waals surface area (Å²) in [5, 5.41) is 6.02. The van der Waals surface area contributed by atoms with E-state index in [2.05, 4.69) is 187 Å². The molecular weight excluding hydrogens is 601 g/mol. The number of hydrogen-bond acceptors (Lipinski definition) is 3. The van der Waals surface area contributed by atoms with Gasteiger partial charge >= 0.3 is 0 Å². The van der Waals surface area contributed by atoms with Crippen LogP contribution < -0.4 is 4.90 Å². The van der Waals surface area contributed by atoms with Crippen molar-refractivity contribution in [2.24, 2.45) is 0 Å². The van der Waals surface area contributed by atoms with Gasteiger partial charge in [0.2, 0.25) is 0 Å². The van der Waals surface area contributed by atoms with Crippen LogP contribution in [0.3, 0.4) is 0 Å². The first-order valence-corrected chi connectivity index (χ1v) is 17.0. The van der Waals surface area contributed by atoms with Crippen molar-refractivity contribution in [3.63, 3.8) is 0 Å². The van der Waals surface area contributed by atoms with Crippen molar-refractivity contribution in [1.82, 2.24) is 4.98 Å². The third-order valence-electron chi connectivity index (χ3n) is 9.11. The largest absolute Gasteiger partial charge is 0.311 e. The maximum absolute atomic E-state index is 5.23. The molecule has 0 N–H and O–H groups in total. The van der Waals surface area contributed by atoms with Gasteiger partial charge in [-0.3, -0.25) is 0 Å². The summed E-state index contributed by atoms with van der Waals surface area (Å²) in [6.45, 7) is 0. The molecule has 0 unspecified atom stereocenters. The molecule has 48 heavy (non-hydrogen) atoms. The van der Waals surface area contributed by atoms with Crippen LogP contribution in [0.4, 0.5) is 17.1 Å². The zero-order valence-electron chi connectivity index (χ0n) is 26.1. The standard InChI is InChI=1S/C45H30N2S/c1-3-11-31(12-4-1)33-19-25-36(26-20-33)47(37-27-21-34(22-28-37)32-13-5-2-6-14-32)38-29-23-35(24-30-38)45-46-43-41-17-9-7-15-39(41)40-16-8-10-18-42(40)44(43)48-45/h1-30H. The zero-order chi connectivity index (χ0) is 31.9. The molecule has 0 aliphatic carbocycles. The number of hydrogen-bond donors (Lipinski definition) is 0. The van der Waals surface area contributed by atoms with Crippen LogP contribution in [0.2, 0.25) is 0 Å². The molecule has 0 saturated carbocycles. The summed E-state index contributed by atoms with van der Waals surface area (Å²) in [7, 11) is 0. The summed E-state index contributed by atoms with van der Waals surface area (Å²) in [5.41, 5.74) is 10.3. The minimum absolute atomic E-state index is 1.03. The van der Waals surface area contributed by atoms with Crippen molar-refractivity contribution >= 4 is 60.2 Å². The van der Waals surface area contributed by atoms with Gasteiger partial charge in [-0.1, -0.05) is 133 Å². The van der Waals surface area contributed by atoms with E-state index in [1.165, 1.54) is 48.5 Å². The Morgan fingerprint density at radius 1 is 0.333 bits per heavy atom. The summed E-state index contributed by atoms with van der Waals surface area (Å²) in [6.07, 6.45) is 0. The highest BCUT2D eigenvalue weighted by molar-refractivity contribution is 7.22. The van der Waals surface area contributed by atoms with Gasteiger partial charge < -0.3 is 4.90 Å². The molecule has 0 spiro atoms. The van der Waals surface area contributed by atoms with Gasteiger partial charge in [0.25, 0.3) is 0 Å². The first kappa shape index (κ1) is 28.2. The van der Waals surface area contributed by atoms with E-state index in [1.54, 1.807) is 11.3 Å². The average molecular weight is 631 g/mol. The molecule has 1 heterocycles. The van der Waals surface area contributed by atoms with Gasteiger partial charge in [-0.25, -0.2) is 4.98 Å². The van der Waals surface area contributed by atoms with Gasteiger partial charge in [0, 0.05) is 33.4 Å². The summed E-state index contributed by atoms with van der Waals surface area (Å²) >= 11 is 1.78. The van der Waals surface area contributed by atoms with Gasteiger partial charge in [0.05, 0.1) is 10.2 Å². The topological polar surface area (TPSA) is 16.1 Å². The molecule has 3 heteroatoms. The lowest BCUT2D eigenvalue weighted by atomic mass is 10.0. The fraction of sp³-hybridized carbons (Fsp3) is 0. The van der Waals surface area contributed by atoms with Crippen LogP contribution in [0.1, 0.15) is 0 Å². The number of benzene rings is 8. The van der Waals surface area contributed by atoms with E-state index in [-0.39, 0.29) is 0 Å². The summed E-state index contributed by atoms with van der Waals surface area (Å²) < 4.78 is 1.24. The molecule has 2 nitrogen and oxygen atoms in total. The predicted molar refractivity (Wildman–Crippen MR) is 206 cm³/mol. The third-order valence-corrected chi connectivity index (χ3v) is 10.2. The molecule has 0 saturated heterocycles.